The van der Waals surface area contributed by atoms with Gasteiger partial charge in [0.25, 0.3) is 5.91 Å². The quantitative estimate of drug-likeness (QED) is 0.870. The molecule has 4 nitrogen and oxygen atoms in total. The smallest absolute Gasteiger partial charge is 0.252 e. The van der Waals surface area contributed by atoms with E-state index in [2.05, 4.69) is 30.4 Å². The van der Waals surface area contributed by atoms with Crippen molar-refractivity contribution >= 4 is 5.91 Å². The van der Waals surface area contributed by atoms with Crippen molar-refractivity contribution in [2.24, 2.45) is 5.92 Å². The van der Waals surface area contributed by atoms with Gasteiger partial charge in [-0.1, -0.05) is 18.6 Å². The highest BCUT2D eigenvalue weighted by Gasteiger charge is 2.21. The molecular weight excluding hydrogens is 274 g/mol. The summed E-state index contributed by atoms with van der Waals surface area (Å²) in [6, 6.07) is 9.31. The van der Waals surface area contributed by atoms with Gasteiger partial charge in [-0.2, -0.15) is 5.26 Å². The summed E-state index contributed by atoms with van der Waals surface area (Å²) in [6.45, 7) is 1.12. The van der Waals surface area contributed by atoms with E-state index in [-0.39, 0.29) is 11.9 Å². The predicted molar refractivity (Wildman–Crippen MR) is 87.5 cm³/mol. The molecule has 4 heteroatoms. The summed E-state index contributed by atoms with van der Waals surface area (Å²) >= 11 is 0. The lowest BCUT2D eigenvalue weighted by molar-refractivity contribution is 0.0932. The molecule has 118 valence electrons. The second-order valence-electron chi connectivity index (χ2n) is 6.46. The van der Waals surface area contributed by atoms with Crippen LogP contribution in [0.25, 0.3) is 0 Å². The Labute approximate surface area is 133 Å². The van der Waals surface area contributed by atoms with Crippen LogP contribution in [0, 0.1) is 17.2 Å². The number of carbonyl (C=O) groups is 1. The van der Waals surface area contributed by atoms with Gasteiger partial charge in [0.2, 0.25) is 0 Å². The topological polar surface area (TPSA) is 56.1 Å². The van der Waals surface area contributed by atoms with E-state index in [1.165, 1.54) is 6.42 Å². The SMILES string of the molecule is CN(C)CC1CCCC(NC(=O)c2ccccc2C#N)CC1. The minimum atomic E-state index is -0.117. The molecule has 1 amide bonds. The molecule has 2 rings (SSSR count). The molecule has 0 aromatic heterocycles. The molecule has 1 saturated carbocycles. The van der Waals surface area contributed by atoms with Crippen LogP contribution >= 0.6 is 0 Å². The van der Waals surface area contributed by atoms with Crippen LogP contribution in [0.1, 0.15) is 48.0 Å². The van der Waals surface area contributed by atoms with Gasteiger partial charge in [-0.25, -0.2) is 0 Å². The summed E-state index contributed by atoms with van der Waals surface area (Å²) in [5.74, 6) is 0.608. The highest BCUT2D eigenvalue weighted by Crippen LogP contribution is 2.24. The Bertz CT molecular complexity index is 548. The van der Waals surface area contributed by atoms with E-state index in [0.29, 0.717) is 11.1 Å². The Morgan fingerprint density at radius 2 is 2.05 bits per heavy atom. The minimum Gasteiger partial charge on any atom is -0.349 e. The van der Waals surface area contributed by atoms with Crippen LogP contribution in [-0.4, -0.2) is 37.5 Å². The Morgan fingerprint density at radius 3 is 2.77 bits per heavy atom. The fraction of sp³-hybridized carbons (Fsp3) is 0.556. The van der Waals surface area contributed by atoms with Crippen molar-refractivity contribution in [3.05, 3.63) is 35.4 Å². The van der Waals surface area contributed by atoms with E-state index >= 15 is 0 Å². The Hall–Kier alpha value is -1.86. The van der Waals surface area contributed by atoms with E-state index in [1.54, 1.807) is 24.3 Å². The van der Waals surface area contributed by atoms with Gasteiger partial charge in [-0.3, -0.25) is 4.79 Å². The first-order valence-corrected chi connectivity index (χ1v) is 8.05. The maximum absolute atomic E-state index is 12.4. The van der Waals surface area contributed by atoms with Crippen LogP contribution in [0.2, 0.25) is 0 Å². The molecule has 0 spiro atoms. The van der Waals surface area contributed by atoms with Crippen molar-refractivity contribution < 1.29 is 4.79 Å². The molecule has 0 radical (unpaired) electrons. The number of carbonyl (C=O) groups excluding carboxylic acids is 1. The fourth-order valence-electron chi connectivity index (χ4n) is 3.26. The molecule has 0 bridgehead atoms. The first kappa shape index (κ1) is 16.5. The second kappa shape index (κ2) is 7.95. The number of nitrogens with one attached hydrogen (secondary N) is 1. The Balaban J connectivity index is 1.93. The molecule has 1 N–H and O–H groups in total. The van der Waals surface area contributed by atoms with Gasteiger partial charge < -0.3 is 10.2 Å². The number of benzene rings is 1. The van der Waals surface area contributed by atoms with Crippen LogP contribution in [0.3, 0.4) is 0 Å². The second-order valence-corrected chi connectivity index (χ2v) is 6.46. The minimum absolute atomic E-state index is 0.117. The third-order valence-electron chi connectivity index (χ3n) is 4.34. The zero-order chi connectivity index (χ0) is 15.9. The van der Waals surface area contributed by atoms with Crippen molar-refractivity contribution in [1.29, 1.82) is 5.26 Å². The summed E-state index contributed by atoms with van der Waals surface area (Å²) in [5, 5.41) is 12.2. The van der Waals surface area contributed by atoms with Gasteiger partial charge in [0.05, 0.1) is 17.2 Å². The van der Waals surface area contributed by atoms with Crippen molar-refractivity contribution in [2.75, 3.05) is 20.6 Å². The molecule has 1 aromatic carbocycles. The van der Waals surface area contributed by atoms with E-state index in [1.807, 2.05) is 0 Å². The summed E-state index contributed by atoms with van der Waals surface area (Å²) in [7, 11) is 4.23. The molecule has 1 aromatic rings. The maximum Gasteiger partial charge on any atom is 0.252 e. The van der Waals surface area contributed by atoms with Crippen LogP contribution in [0.4, 0.5) is 0 Å². The molecule has 1 fully saturated rings. The van der Waals surface area contributed by atoms with E-state index in [0.717, 1.165) is 38.1 Å². The van der Waals surface area contributed by atoms with Gasteiger partial charge in [-0.05, 0) is 57.8 Å². The normalized spacial score (nSPS) is 21.9. The standard InChI is InChI=1S/C18H25N3O/c1-21(2)13-14-6-5-8-16(11-10-14)20-18(22)17-9-4-3-7-15(17)12-19/h3-4,7,9,14,16H,5-6,8,10-11,13H2,1-2H3,(H,20,22). The number of nitrogens with zero attached hydrogens (tertiary/aromatic N) is 2. The number of rotatable bonds is 4. The van der Waals surface area contributed by atoms with Gasteiger partial charge in [0, 0.05) is 12.6 Å². The monoisotopic (exact) mass is 299 g/mol. The number of amides is 1. The summed E-state index contributed by atoms with van der Waals surface area (Å²) in [5.41, 5.74) is 0.929. The summed E-state index contributed by atoms with van der Waals surface area (Å²) in [6.07, 6.45) is 5.61. The van der Waals surface area contributed by atoms with Crippen LogP contribution in [-0.2, 0) is 0 Å². The molecule has 2 atom stereocenters. The molecule has 0 heterocycles. The number of hydrogen-bond donors (Lipinski definition) is 1. The fourth-order valence-corrected chi connectivity index (χ4v) is 3.26. The zero-order valence-electron chi connectivity index (χ0n) is 13.5. The summed E-state index contributed by atoms with van der Waals surface area (Å²) < 4.78 is 0. The van der Waals surface area contributed by atoms with Crippen molar-refractivity contribution in [3.8, 4) is 6.07 Å². The molecule has 1 aliphatic carbocycles. The average molecular weight is 299 g/mol. The number of nitriles is 1. The molecule has 2 unspecified atom stereocenters. The first-order chi connectivity index (χ1) is 10.6. The highest BCUT2D eigenvalue weighted by atomic mass is 16.1. The van der Waals surface area contributed by atoms with Crippen LogP contribution in [0.5, 0.6) is 0 Å². The molecule has 22 heavy (non-hydrogen) atoms. The molecule has 0 aliphatic heterocycles. The van der Waals surface area contributed by atoms with Crippen LogP contribution < -0.4 is 5.32 Å². The zero-order valence-corrected chi connectivity index (χ0v) is 13.5. The molecular formula is C18H25N3O. The lowest BCUT2D eigenvalue weighted by Crippen LogP contribution is -2.35. The number of hydrogen-bond acceptors (Lipinski definition) is 3. The van der Waals surface area contributed by atoms with Gasteiger partial charge >= 0.3 is 0 Å². The average Bonchev–Trinajstić information content (AvgIpc) is 2.72. The third-order valence-corrected chi connectivity index (χ3v) is 4.34. The molecule has 0 saturated heterocycles. The largest absolute Gasteiger partial charge is 0.349 e. The lowest BCUT2D eigenvalue weighted by Gasteiger charge is -2.19. The summed E-state index contributed by atoms with van der Waals surface area (Å²) in [4.78, 5) is 14.6. The third kappa shape index (κ3) is 4.57. The van der Waals surface area contributed by atoms with E-state index in [9.17, 15) is 4.79 Å². The first-order valence-electron chi connectivity index (χ1n) is 8.05. The Kier molecular flexibility index (Phi) is 5.97. The highest BCUT2D eigenvalue weighted by molar-refractivity contribution is 5.96. The Morgan fingerprint density at radius 1 is 1.27 bits per heavy atom. The van der Waals surface area contributed by atoms with E-state index < -0.39 is 0 Å². The predicted octanol–water partition coefficient (Wildman–Crippen LogP) is 2.80. The van der Waals surface area contributed by atoms with Crippen molar-refractivity contribution in [1.82, 2.24) is 10.2 Å². The van der Waals surface area contributed by atoms with Crippen molar-refractivity contribution in [2.45, 2.75) is 38.1 Å². The maximum atomic E-state index is 12.4. The van der Waals surface area contributed by atoms with Gasteiger partial charge in [-0.15, -0.1) is 0 Å². The van der Waals surface area contributed by atoms with Crippen molar-refractivity contribution in [3.63, 3.8) is 0 Å². The van der Waals surface area contributed by atoms with E-state index in [4.69, 9.17) is 5.26 Å². The van der Waals surface area contributed by atoms with Crippen LogP contribution in [0.15, 0.2) is 24.3 Å². The lowest BCUT2D eigenvalue weighted by atomic mass is 10.00. The van der Waals surface area contributed by atoms with Gasteiger partial charge in [0.15, 0.2) is 0 Å². The van der Waals surface area contributed by atoms with Gasteiger partial charge in [0.1, 0.15) is 0 Å². The molecule has 1 aliphatic rings.